The Labute approximate surface area is 171 Å². The first-order valence-corrected chi connectivity index (χ1v) is 9.64. The third-order valence-corrected chi connectivity index (χ3v) is 4.68. The van der Waals surface area contributed by atoms with E-state index in [-0.39, 0.29) is 5.75 Å². The van der Waals surface area contributed by atoms with E-state index in [0.29, 0.717) is 34.9 Å². The molecule has 0 aliphatic heterocycles. The van der Waals surface area contributed by atoms with E-state index in [2.05, 4.69) is 30.3 Å². The second-order valence-corrected chi connectivity index (χ2v) is 7.00. The molecular formula is C21H20F3N5O. The first kappa shape index (κ1) is 19.9. The Balaban J connectivity index is 1.62. The second kappa shape index (κ2) is 8.56. The van der Waals surface area contributed by atoms with E-state index in [1.54, 1.807) is 18.3 Å². The lowest BCUT2D eigenvalue weighted by molar-refractivity contribution is -0.274. The van der Waals surface area contributed by atoms with Crippen LogP contribution in [0.1, 0.15) is 25.7 Å². The van der Waals surface area contributed by atoms with Gasteiger partial charge in [0.1, 0.15) is 11.6 Å². The van der Waals surface area contributed by atoms with E-state index in [0.717, 1.165) is 25.7 Å². The Morgan fingerprint density at radius 2 is 1.77 bits per heavy atom. The quantitative estimate of drug-likeness (QED) is 0.551. The number of hydrogen-bond donors (Lipinski definition) is 2. The van der Waals surface area contributed by atoms with E-state index >= 15 is 0 Å². The Morgan fingerprint density at radius 3 is 2.50 bits per heavy atom. The fourth-order valence-electron chi connectivity index (χ4n) is 3.39. The first-order valence-electron chi connectivity index (χ1n) is 9.64. The van der Waals surface area contributed by atoms with Crippen LogP contribution in [0, 0.1) is 0 Å². The van der Waals surface area contributed by atoms with Crippen molar-refractivity contribution in [3.63, 3.8) is 0 Å². The summed E-state index contributed by atoms with van der Waals surface area (Å²) in [6, 6.07) is 13.1. The zero-order valence-electron chi connectivity index (χ0n) is 16.0. The van der Waals surface area contributed by atoms with Gasteiger partial charge in [0.2, 0.25) is 5.95 Å². The van der Waals surface area contributed by atoms with Crippen molar-refractivity contribution in [2.24, 2.45) is 0 Å². The van der Waals surface area contributed by atoms with Gasteiger partial charge in [-0.3, -0.25) is 4.98 Å². The highest BCUT2D eigenvalue weighted by atomic mass is 19.4. The minimum Gasteiger partial charge on any atom is -0.406 e. The highest BCUT2D eigenvalue weighted by molar-refractivity contribution is 5.66. The lowest BCUT2D eigenvalue weighted by Gasteiger charge is -2.15. The van der Waals surface area contributed by atoms with Gasteiger partial charge >= 0.3 is 6.36 Å². The fourth-order valence-corrected chi connectivity index (χ4v) is 3.39. The van der Waals surface area contributed by atoms with Crippen LogP contribution in [0.25, 0.3) is 11.4 Å². The van der Waals surface area contributed by atoms with E-state index < -0.39 is 6.36 Å². The van der Waals surface area contributed by atoms with Gasteiger partial charge in [-0.2, -0.15) is 4.98 Å². The Morgan fingerprint density at radius 1 is 0.933 bits per heavy atom. The SMILES string of the molecule is FC(F)(F)Oc1cccc(Nc2cc(-c3ccccn3)nc(NC3CCCC3)n2)c1. The molecule has 2 aromatic heterocycles. The van der Waals surface area contributed by atoms with Crippen molar-refractivity contribution in [3.8, 4) is 17.1 Å². The Kier molecular flexibility index (Phi) is 5.69. The molecule has 30 heavy (non-hydrogen) atoms. The summed E-state index contributed by atoms with van der Waals surface area (Å²) in [7, 11) is 0. The molecule has 9 heteroatoms. The predicted molar refractivity (Wildman–Crippen MR) is 108 cm³/mol. The molecule has 1 fully saturated rings. The first-order chi connectivity index (χ1) is 14.4. The monoisotopic (exact) mass is 415 g/mol. The zero-order valence-corrected chi connectivity index (χ0v) is 16.0. The average molecular weight is 415 g/mol. The number of aromatic nitrogens is 3. The van der Waals surface area contributed by atoms with Crippen molar-refractivity contribution < 1.29 is 17.9 Å². The molecule has 0 saturated heterocycles. The van der Waals surface area contributed by atoms with Gasteiger partial charge in [0.15, 0.2) is 0 Å². The third-order valence-electron chi connectivity index (χ3n) is 4.68. The zero-order chi connectivity index (χ0) is 21.0. The molecule has 156 valence electrons. The normalized spacial score (nSPS) is 14.5. The molecule has 1 aromatic carbocycles. The topological polar surface area (TPSA) is 72.0 Å². The largest absolute Gasteiger partial charge is 0.573 e. The van der Waals surface area contributed by atoms with Gasteiger partial charge in [0.05, 0.1) is 11.4 Å². The van der Waals surface area contributed by atoms with E-state index in [1.165, 1.54) is 18.2 Å². The van der Waals surface area contributed by atoms with Crippen molar-refractivity contribution in [2.45, 2.75) is 38.1 Å². The summed E-state index contributed by atoms with van der Waals surface area (Å²) in [4.78, 5) is 13.4. The van der Waals surface area contributed by atoms with Crippen LogP contribution < -0.4 is 15.4 Å². The van der Waals surface area contributed by atoms with Crippen molar-refractivity contribution in [2.75, 3.05) is 10.6 Å². The van der Waals surface area contributed by atoms with Crippen LogP contribution >= 0.6 is 0 Å². The van der Waals surface area contributed by atoms with Gasteiger partial charge in [-0.15, -0.1) is 13.2 Å². The van der Waals surface area contributed by atoms with E-state index in [9.17, 15) is 13.2 Å². The number of benzene rings is 1. The lowest BCUT2D eigenvalue weighted by Crippen LogP contribution is -2.17. The summed E-state index contributed by atoms with van der Waals surface area (Å²) in [5, 5.41) is 6.40. The number of anilines is 3. The van der Waals surface area contributed by atoms with Crippen LogP contribution in [0.5, 0.6) is 5.75 Å². The van der Waals surface area contributed by atoms with Crippen molar-refractivity contribution in [1.82, 2.24) is 15.0 Å². The van der Waals surface area contributed by atoms with Crippen LogP contribution in [-0.4, -0.2) is 27.4 Å². The molecule has 1 aliphatic rings. The minimum absolute atomic E-state index is 0.306. The lowest BCUT2D eigenvalue weighted by atomic mass is 10.2. The molecule has 1 aliphatic carbocycles. The number of nitrogens with one attached hydrogen (secondary N) is 2. The minimum atomic E-state index is -4.75. The van der Waals surface area contributed by atoms with Crippen molar-refractivity contribution in [3.05, 3.63) is 54.7 Å². The Bertz CT molecular complexity index is 991. The number of pyridine rings is 1. The number of rotatable bonds is 6. The number of nitrogens with zero attached hydrogens (tertiary/aromatic N) is 3. The molecule has 1 saturated carbocycles. The summed E-state index contributed by atoms with van der Waals surface area (Å²) >= 11 is 0. The average Bonchev–Trinajstić information content (AvgIpc) is 3.20. The summed E-state index contributed by atoms with van der Waals surface area (Å²) in [6.45, 7) is 0. The molecule has 2 N–H and O–H groups in total. The van der Waals surface area contributed by atoms with Crippen LogP contribution in [-0.2, 0) is 0 Å². The molecule has 0 amide bonds. The van der Waals surface area contributed by atoms with Gasteiger partial charge in [-0.25, -0.2) is 4.98 Å². The smallest absolute Gasteiger partial charge is 0.406 e. The third kappa shape index (κ3) is 5.37. The highest BCUT2D eigenvalue weighted by Crippen LogP contribution is 2.28. The summed E-state index contributed by atoms with van der Waals surface area (Å²) < 4.78 is 41.5. The Hall–Kier alpha value is -3.36. The molecular weight excluding hydrogens is 395 g/mol. The fraction of sp³-hybridized carbons (Fsp3) is 0.286. The molecule has 0 radical (unpaired) electrons. The molecule has 3 aromatic rings. The maximum atomic E-state index is 12.5. The second-order valence-electron chi connectivity index (χ2n) is 7.00. The standard InChI is InChI=1S/C21H20F3N5O/c22-21(23,24)30-16-9-5-8-15(12-16)26-19-13-18(17-10-3-4-11-25-17)28-20(29-19)27-14-6-1-2-7-14/h3-5,8-14H,1-2,6-7H2,(H2,26,27,28,29). The molecule has 6 nitrogen and oxygen atoms in total. The maximum Gasteiger partial charge on any atom is 0.573 e. The molecule has 0 bridgehead atoms. The predicted octanol–water partition coefficient (Wildman–Crippen LogP) is 5.54. The van der Waals surface area contributed by atoms with Gasteiger partial charge in [0, 0.05) is 30.1 Å². The molecule has 0 unspecified atom stereocenters. The number of alkyl halides is 3. The summed E-state index contributed by atoms with van der Waals surface area (Å²) in [5.41, 5.74) is 1.69. The van der Waals surface area contributed by atoms with Crippen LogP contribution in [0.3, 0.4) is 0 Å². The molecule has 0 spiro atoms. The van der Waals surface area contributed by atoms with Crippen molar-refractivity contribution >= 4 is 17.5 Å². The van der Waals surface area contributed by atoms with Gasteiger partial charge in [0.25, 0.3) is 0 Å². The van der Waals surface area contributed by atoms with E-state index in [4.69, 9.17) is 0 Å². The summed E-state index contributed by atoms with van der Waals surface area (Å²) in [5.74, 6) is 0.585. The summed E-state index contributed by atoms with van der Waals surface area (Å²) in [6.07, 6.45) is 1.35. The number of hydrogen-bond acceptors (Lipinski definition) is 6. The number of ether oxygens (including phenoxy) is 1. The van der Waals surface area contributed by atoms with Crippen LogP contribution in [0.2, 0.25) is 0 Å². The van der Waals surface area contributed by atoms with E-state index in [1.807, 2.05) is 18.2 Å². The van der Waals surface area contributed by atoms with Crippen LogP contribution in [0.15, 0.2) is 54.7 Å². The molecule has 2 heterocycles. The molecule has 0 atom stereocenters. The van der Waals surface area contributed by atoms with Crippen molar-refractivity contribution in [1.29, 1.82) is 0 Å². The van der Waals surface area contributed by atoms with Gasteiger partial charge in [-0.05, 0) is 37.1 Å². The van der Waals surface area contributed by atoms with Gasteiger partial charge < -0.3 is 15.4 Å². The van der Waals surface area contributed by atoms with Crippen LogP contribution in [0.4, 0.5) is 30.6 Å². The number of halogens is 3. The maximum absolute atomic E-state index is 12.5. The highest BCUT2D eigenvalue weighted by Gasteiger charge is 2.31. The van der Waals surface area contributed by atoms with Gasteiger partial charge in [-0.1, -0.05) is 25.0 Å². The molecule has 4 rings (SSSR count).